The Balaban J connectivity index is 2.02. The van der Waals surface area contributed by atoms with Gasteiger partial charge in [0.05, 0.1) is 12.3 Å². The zero-order valence-corrected chi connectivity index (χ0v) is 12.8. The molecule has 5 heteroatoms. The van der Waals surface area contributed by atoms with Crippen LogP contribution in [0, 0.1) is 6.92 Å². The van der Waals surface area contributed by atoms with E-state index in [0.29, 0.717) is 17.1 Å². The van der Waals surface area contributed by atoms with Crippen LogP contribution in [0.15, 0.2) is 48.2 Å². The number of ether oxygens (including phenoxy) is 1. The van der Waals surface area contributed by atoms with Crippen LogP contribution < -0.4 is 15.4 Å². The predicted octanol–water partition coefficient (Wildman–Crippen LogP) is 2.34. The molecule has 2 aromatic carbocycles. The van der Waals surface area contributed by atoms with Gasteiger partial charge in [0.1, 0.15) is 0 Å². The highest BCUT2D eigenvalue weighted by atomic mass is 16.5. The summed E-state index contributed by atoms with van der Waals surface area (Å²) in [5.41, 5.74) is 8.92. The van der Waals surface area contributed by atoms with E-state index in [4.69, 9.17) is 10.5 Å². The first-order valence-corrected chi connectivity index (χ1v) is 7.37. The van der Waals surface area contributed by atoms with Gasteiger partial charge in [-0.15, -0.1) is 0 Å². The van der Waals surface area contributed by atoms with Gasteiger partial charge in [-0.25, -0.2) is 0 Å². The van der Waals surface area contributed by atoms with E-state index in [1.54, 1.807) is 24.3 Å². The average Bonchev–Trinajstić information content (AvgIpc) is 2.54. The minimum Gasteiger partial charge on any atom is -0.449 e. The van der Waals surface area contributed by atoms with E-state index in [1.807, 2.05) is 31.2 Å². The van der Waals surface area contributed by atoms with Crippen LogP contribution in [0.25, 0.3) is 6.08 Å². The van der Waals surface area contributed by atoms with Crippen LogP contribution in [0.3, 0.4) is 0 Å². The molecule has 0 saturated carbocycles. The minimum absolute atomic E-state index is 0.141. The van der Waals surface area contributed by atoms with Gasteiger partial charge in [0, 0.05) is 12.2 Å². The van der Waals surface area contributed by atoms with Gasteiger partial charge in [-0.2, -0.15) is 0 Å². The molecule has 3 N–H and O–H groups in total. The molecule has 0 saturated heterocycles. The van der Waals surface area contributed by atoms with Crippen LogP contribution in [0.4, 0.5) is 11.4 Å². The van der Waals surface area contributed by atoms with Crippen molar-refractivity contribution in [3.05, 3.63) is 59.4 Å². The molecule has 0 unspecified atom stereocenters. The number of nitrogens with zero attached hydrogens (tertiary/aromatic N) is 1. The van der Waals surface area contributed by atoms with Crippen molar-refractivity contribution >= 4 is 23.4 Å². The fourth-order valence-corrected chi connectivity index (χ4v) is 2.46. The Hall–Kier alpha value is -2.79. The molecule has 1 amide bonds. The van der Waals surface area contributed by atoms with Crippen LogP contribution in [0.2, 0.25) is 0 Å². The van der Waals surface area contributed by atoms with Gasteiger partial charge in [0.25, 0.3) is 5.91 Å². The monoisotopic (exact) mass is 310 g/mol. The molecule has 0 aromatic heterocycles. The van der Waals surface area contributed by atoms with Gasteiger partial charge < -0.3 is 15.6 Å². The zero-order valence-electron chi connectivity index (χ0n) is 12.8. The van der Waals surface area contributed by atoms with Crippen molar-refractivity contribution in [3.8, 4) is 5.75 Å². The summed E-state index contributed by atoms with van der Waals surface area (Å²) in [5, 5.41) is 9.25. The van der Waals surface area contributed by atoms with Gasteiger partial charge in [-0.05, 0) is 36.8 Å². The standard InChI is InChI=1S/C18H18N2O3/c1-12-2-4-13(5-3-12)10-17-18(22)20(8-9-21)15-11-14(19)6-7-16(15)23-17/h2-7,10-11,21H,8-9,19H2,1H3/b17-10+. The number of nitrogens with two attached hydrogens (primary N) is 1. The molecule has 0 fully saturated rings. The third-order valence-electron chi connectivity index (χ3n) is 3.65. The fourth-order valence-electron chi connectivity index (χ4n) is 2.46. The first kappa shape index (κ1) is 15.1. The normalized spacial score (nSPS) is 15.5. The summed E-state index contributed by atoms with van der Waals surface area (Å²) < 4.78 is 5.74. The highest BCUT2D eigenvalue weighted by molar-refractivity contribution is 6.10. The molecule has 0 bridgehead atoms. The van der Waals surface area contributed by atoms with Crippen molar-refractivity contribution in [2.75, 3.05) is 23.8 Å². The van der Waals surface area contributed by atoms with Crippen molar-refractivity contribution in [2.45, 2.75) is 6.92 Å². The molecule has 5 nitrogen and oxygen atoms in total. The van der Waals surface area contributed by atoms with Crippen molar-refractivity contribution in [1.82, 2.24) is 0 Å². The number of benzene rings is 2. The smallest absolute Gasteiger partial charge is 0.294 e. The van der Waals surface area contributed by atoms with Crippen LogP contribution >= 0.6 is 0 Å². The largest absolute Gasteiger partial charge is 0.449 e. The van der Waals surface area contributed by atoms with E-state index in [2.05, 4.69) is 0 Å². The molecule has 3 rings (SSSR count). The zero-order chi connectivity index (χ0) is 16.4. The maximum absolute atomic E-state index is 12.6. The molecule has 0 spiro atoms. The molecular weight excluding hydrogens is 292 g/mol. The number of carbonyl (C=O) groups excluding carboxylic acids is 1. The molecule has 1 aliphatic heterocycles. The number of amides is 1. The van der Waals surface area contributed by atoms with Crippen molar-refractivity contribution in [1.29, 1.82) is 0 Å². The summed E-state index contributed by atoms with van der Waals surface area (Å²) in [4.78, 5) is 14.1. The average molecular weight is 310 g/mol. The molecule has 0 aliphatic carbocycles. The lowest BCUT2D eigenvalue weighted by molar-refractivity contribution is -0.117. The summed E-state index contributed by atoms with van der Waals surface area (Å²) in [7, 11) is 0. The van der Waals surface area contributed by atoms with E-state index < -0.39 is 0 Å². The first-order chi connectivity index (χ1) is 11.1. The topological polar surface area (TPSA) is 75.8 Å². The second kappa shape index (κ2) is 6.14. The summed E-state index contributed by atoms with van der Waals surface area (Å²) >= 11 is 0. The fraction of sp³-hybridized carbons (Fsp3) is 0.167. The number of fused-ring (bicyclic) bond motifs is 1. The number of hydrogen-bond donors (Lipinski definition) is 2. The van der Waals surface area contributed by atoms with E-state index >= 15 is 0 Å². The molecule has 0 atom stereocenters. The van der Waals surface area contributed by atoms with Crippen LogP contribution in [0.1, 0.15) is 11.1 Å². The SMILES string of the molecule is Cc1ccc(/C=C2/Oc3ccc(N)cc3N(CCO)C2=O)cc1. The predicted molar refractivity (Wildman–Crippen MR) is 90.1 cm³/mol. The maximum Gasteiger partial charge on any atom is 0.294 e. The minimum atomic E-state index is -0.294. The van der Waals surface area contributed by atoms with Gasteiger partial charge in [-0.1, -0.05) is 29.8 Å². The van der Waals surface area contributed by atoms with Gasteiger partial charge in [-0.3, -0.25) is 9.69 Å². The van der Waals surface area contributed by atoms with Crippen molar-refractivity contribution in [2.24, 2.45) is 0 Å². The van der Waals surface area contributed by atoms with Crippen molar-refractivity contribution in [3.63, 3.8) is 0 Å². The van der Waals surface area contributed by atoms with Gasteiger partial charge in [0.15, 0.2) is 11.5 Å². The molecule has 1 heterocycles. The Bertz CT molecular complexity index is 766. The Morgan fingerprint density at radius 3 is 2.65 bits per heavy atom. The Kier molecular flexibility index (Phi) is 4.04. The summed E-state index contributed by atoms with van der Waals surface area (Å²) in [5.74, 6) is 0.475. The van der Waals surface area contributed by atoms with E-state index in [9.17, 15) is 9.90 Å². The lowest BCUT2D eigenvalue weighted by Crippen LogP contribution is -2.39. The van der Waals surface area contributed by atoms with Crippen LogP contribution in [-0.2, 0) is 4.79 Å². The van der Waals surface area contributed by atoms with E-state index in [1.165, 1.54) is 4.90 Å². The molecule has 0 radical (unpaired) electrons. The summed E-state index contributed by atoms with van der Waals surface area (Å²) in [6, 6.07) is 12.9. The highest BCUT2D eigenvalue weighted by Gasteiger charge is 2.30. The van der Waals surface area contributed by atoms with Crippen molar-refractivity contribution < 1.29 is 14.6 Å². The second-order valence-corrected chi connectivity index (χ2v) is 5.43. The number of rotatable bonds is 3. The second-order valence-electron chi connectivity index (χ2n) is 5.43. The lowest BCUT2D eigenvalue weighted by atomic mass is 10.1. The highest BCUT2D eigenvalue weighted by Crippen LogP contribution is 2.37. The number of hydrogen-bond acceptors (Lipinski definition) is 4. The number of aliphatic hydroxyl groups excluding tert-OH is 1. The molecular formula is C18H18N2O3. The van der Waals surface area contributed by atoms with Crippen LogP contribution in [-0.4, -0.2) is 24.2 Å². The number of β-amino-alcohol motifs (C(OH)–C–C–N with tert-alkyl or cyclic N) is 1. The number of carbonyl (C=O) groups is 1. The number of aliphatic hydroxyl groups is 1. The quantitative estimate of drug-likeness (QED) is 0.674. The molecule has 2 aromatic rings. The Labute approximate surface area is 134 Å². The Morgan fingerprint density at radius 2 is 1.96 bits per heavy atom. The maximum atomic E-state index is 12.6. The van der Waals surface area contributed by atoms with Gasteiger partial charge in [0.2, 0.25) is 0 Å². The molecule has 23 heavy (non-hydrogen) atoms. The number of nitrogen functional groups attached to an aromatic ring is 1. The Morgan fingerprint density at radius 1 is 1.22 bits per heavy atom. The first-order valence-electron chi connectivity index (χ1n) is 7.37. The lowest BCUT2D eigenvalue weighted by Gasteiger charge is -2.30. The number of anilines is 2. The molecule has 1 aliphatic rings. The van der Waals surface area contributed by atoms with Crippen LogP contribution in [0.5, 0.6) is 5.75 Å². The summed E-state index contributed by atoms with van der Waals surface area (Å²) in [6.45, 7) is 2.05. The molecule has 118 valence electrons. The third-order valence-corrected chi connectivity index (χ3v) is 3.65. The van der Waals surface area contributed by atoms with Gasteiger partial charge >= 0.3 is 0 Å². The summed E-state index contributed by atoms with van der Waals surface area (Å²) in [6.07, 6.45) is 1.70. The third kappa shape index (κ3) is 3.05. The van der Waals surface area contributed by atoms with E-state index in [0.717, 1.165) is 11.1 Å². The van der Waals surface area contributed by atoms with E-state index in [-0.39, 0.29) is 24.8 Å². The number of aryl methyl sites for hydroxylation is 1.